The van der Waals surface area contributed by atoms with Crippen LogP contribution in [0.4, 0.5) is 0 Å². The number of carbonyl (C=O) groups excluding carboxylic acids is 1. The van der Waals surface area contributed by atoms with E-state index in [-0.39, 0.29) is 17.4 Å². The van der Waals surface area contributed by atoms with Gasteiger partial charge in [-0.1, -0.05) is 44.2 Å². The van der Waals surface area contributed by atoms with Gasteiger partial charge in [0, 0.05) is 18.5 Å². The molecule has 4 nitrogen and oxygen atoms in total. The summed E-state index contributed by atoms with van der Waals surface area (Å²) >= 11 is 1.80. The standard InChI is InChI=1S/C22H34N2O2S/c1-3-5-6-7-8-9-10-11-14-17-24-20(22(25)26-4-2)18-27-21(24)19-15-12-13-16-23-19/h3,12-13,15-16,20-21H,1,4-11,14,17-18H2,2H3. The molecule has 2 rings (SSSR count). The predicted octanol–water partition coefficient (Wildman–Crippen LogP) is 5.37. The maximum atomic E-state index is 12.4. The fraction of sp³-hybridized carbons (Fsp3) is 0.636. The average Bonchev–Trinajstić information content (AvgIpc) is 3.11. The zero-order valence-corrected chi connectivity index (χ0v) is 17.5. The molecule has 150 valence electrons. The van der Waals surface area contributed by atoms with Crippen LogP contribution in [-0.4, -0.2) is 40.8 Å². The molecule has 1 aromatic heterocycles. The minimum absolute atomic E-state index is 0.0920. The lowest BCUT2D eigenvalue weighted by Gasteiger charge is -2.27. The average molecular weight is 391 g/mol. The SMILES string of the molecule is C=CCCCCCCCCCN1C(C(=O)OCC)CSC1c1ccccn1. The summed E-state index contributed by atoms with van der Waals surface area (Å²) in [6.07, 6.45) is 13.8. The lowest BCUT2D eigenvalue weighted by Crippen LogP contribution is -2.40. The van der Waals surface area contributed by atoms with Gasteiger partial charge in [0.15, 0.2) is 0 Å². The first-order valence-corrected chi connectivity index (χ1v) is 11.4. The predicted molar refractivity (Wildman–Crippen MR) is 114 cm³/mol. The molecule has 2 heterocycles. The van der Waals surface area contributed by atoms with Crippen molar-refractivity contribution in [1.29, 1.82) is 0 Å². The number of esters is 1. The summed E-state index contributed by atoms with van der Waals surface area (Å²) in [6, 6.07) is 5.86. The van der Waals surface area contributed by atoms with Crippen molar-refractivity contribution in [3.05, 3.63) is 42.7 Å². The van der Waals surface area contributed by atoms with Gasteiger partial charge >= 0.3 is 5.97 Å². The Bertz CT molecular complexity index is 553. The summed E-state index contributed by atoms with van der Waals surface area (Å²) in [7, 11) is 0. The molecule has 2 unspecified atom stereocenters. The molecule has 1 saturated heterocycles. The Balaban J connectivity index is 1.80. The Kier molecular flexibility index (Phi) is 10.5. The van der Waals surface area contributed by atoms with E-state index < -0.39 is 0 Å². The second-order valence-electron chi connectivity index (χ2n) is 7.00. The summed E-state index contributed by atoms with van der Waals surface area (Å²) in [5.41, 5.74) is 1.04. The molecule has 1 aromatic rings. The van der Waals surface area contributed by atoms with Gasteiger partial charge in [0.1, 0.15) is 6.04 Å². The molecule has 1 fully saturated rings. The van der Waals surface area contributed by atoms with E-state index in [4.69, 9.17) is 4.74 Å². The van der Waals surface area contributed by atoms with Crippen molar-refractivity contribution in [3.63, 3.8) is 0 Å². The van der Waals surface area contributed by atoms with Crippen molar-refractivity contribution in [2.45, 2.75) is 69.7 Å². The number of aromatic nitrogens is 1. The van der Waals surface area contributed by atoms with Gasteiger partial charge in [-0.05, 0) is 38.3 Å². The van der Waals surface area contributed by atoms with Crippen LogP contribution in [0.3, 0.4) is 0 Å². The molecule has 1 aliphatic heterocycles. The number of thioether (sulfide) groups is 1. The first-order valence-electron chi connectivity index (χ1n) is 10.3. The van der Waals surface area contributed by atoms with E-state index in [1.807, 2.05) is 31.3 Å². The maximum Gasteiger partial charge on any atom is 0.324 e. The van der Waals surface area contributed by atoms with Gasteiger partial charge in [-0.25, -0.2) is 0 Å². The zero-order chi connectivity index (χ0) is 19.3. The molecule has 0 radical (unpaired) electrons. The Morgan fingerprint density at radius 2 is 2.00 bits per heavy atom. The molecule has 0 saturated carbocycles. The summed E-state index contributed by atoms with van der Waals surface area (Å²) < 4.78 is 5.31. The van der Waals surface area contributed by atoms with Crippen LogP contribution < -0.4 is 0 Å². The van der Waals surface area contributed by atoms with E-state index in [9.17, 15) is 4.79 Å². The van der Waals surface area contributed by atoms with Crippen molar-refractivity contribution in [2.24, 2.45) is 0 Å². The van der Waals surface area contributed by atoms with E-state index in [1.54, 1.807) is 11.8 Å². The third kappa shape index (κ3) is 7.30. The molecular weight excluding hydrogens is 356 g/mol. The Hall–Kier alpha value is -1.33. The number of unbranched alkanes of at least 4 members (excludes halogenated alkanes) is 7. The summed E-state index contributed by atoms with van der Waals surface area (Å²) in [6.45, 7) is 7.00. The molecule has 0 amide bonds. The quantitative estimate of drug-likeness (QED) is 0.257. The lowest BCUT2D eigenvalue weighted by molar-refractivity contribution is -0.148. The highest BCUT2D eigenvalue weighted by Gasteiger charge is 2.40. The van der Waals surface area contributed by atoms with Crippen LogP contribution >= 0.6 is 11.8 Å². The highest BCUT2D eigenvalue weighted by atomic mass is 32.2. The van der Waals surface area contributed by atoms with Crippen LogP contribution in [0.1, 0.15) is 69.4 Å². The highest BCUT2D eigenvalue weighted by Crippen LogP contribution is 2.40. The zero-order valence-electron chi connectivity index (χ0n) is 16.6. The monoisotopic (exact) mass is 390 g/mol. The number of rotatable bonds is 13. The number of carbonyl (C=O) groups is 1. The second-order valence-corrected chi connectivity index (χ2v) is 8.11. The molecule has 0 N–H and O–H groups in total. The van der Waals surface area contributed by atoms with Gasteiger partial charge in [0.2, 0.25) is 0 Å². The van der Waals surface area contributed by atoms with Crippen molar-refractivity contribution in [3.8, 4) is 0 Å². The van der Waals surface area contributed by atoms with Gasteiger partial charge in [-0.15, -0.1) is 18.3 Å². The topological polar surface area (TPSA) is 42.4 Å². The van der Waals surface area contributed by atoms with Gasteiger partial charge in [0.25, 0.3) is 0 Å². The summed E-state index contributed by atoms with van der Waals surface area (Å²) in [5.74, 6) is 0.689. The first kappa shape index (κ1) is 22.0. The highest BCUT2D eigenvalue weighted by molar-refractivity contribution is 7.99. The molecule has 1 aliphatic rings. The van der Waals surface area contributed by atoms with Crippen LogP contribution in [-0.2, 0) is 9.53 Å². The molecule has 0 spiro atoms. The number of hydrogen-bond donors (Lipinski definition) is 0. The van der Waals surface area contributed by atoms with Crippen molar-refractivity contribution in [1.82, 2.24) is 9.88 Å². The van der Waals surface area contributed by atoms with Gasteiger partial charge in [-0.2, -0.15) is 0 Å². The fourth-order valence-corrected chi connectivity index (χ4v) is 4.94. The summed E-state index contributed by atoms with van der Waals surface area (Å²) in [5, 5.41) is 0.152. The molecule has 27 heavy (non-hydrogen) atoms. The van der Waals surface area contributed by atoms with Crippen LogP contribution in [0.15, 0.2) is 37.1 Å². The van der Waals surface area contributed by atoms with Gasteiger partial charge in [0.05, 0.1) is 17.7 Å². The number of pyridine rings is 1. The molecule has 0 aliphatic carbocycles. The van der Waals surface area contributed by atoms with E-state index in [0.29, 0.717) is 6.61 Å². The Morgan fingerprint density at radius 1 is 1.26 bits per heavy atom. The van der Waals surface area contributed by atoms with Crippen LogP contribution in [0, 0.1) is 0 Å². The van der Waals surface area contributed by atoms with Crippen molar-refractivity contribution < 1.29 is 9.53 Å². The van der Waals surface area contributed by atoms with E-state index in [1.165, 1.54) is 38.5 Å². The van der Waals surface area contributed by atoms with Gasteiger partial charge in [-0.3, -0.25) is 14.7 Å². The maximum absolute atomic E-state index is 12.4. The number of nitrogens with zero attached hydrogens (tertiary/aromatic N) is 2. The number of ether oxygens (including phenoxy) is 1. The number of hydrogen-bond acceptors (Lipinski definition) is 5. The molecule has 0 aromatic carbocycles. The van der Waals surface area contributed by atoms with E-state index in [2.05, 4.69) is 22.5 Å². The first-order chi connectivity index (χ1) is 13.3. The lowest BCUT2D eigenvalue weighted by atomic mass is 10.1. The minimum atomic E-state index is -0.152. The molecular formula is C22H34N2O2S. The van der Waals surface area contributed by atoms with Crippen molar-refractivity contribution in [2.75, 3.05) is 18.9 Å². The third-order valence-electron chi connectivity index (χ3n) is 4.94. The molecule has 0 bridgehead atoms. The Morgan fingerprint density at radius 3 is 2.67 bits per heavy atom. The van der Waals surface area contributed by atoms with Gasteiger partial charge < -0.3 is 4.74 Å². The van der Waals surface area contributed by atoms with Crippen molar-refractivity contribution >= 4 is 17.7 Å². The largest absolute Gasteiger partial charge is 0.465 e. The van der Waals surface area contributed by atoms with E-state index in [0.717, 1.165) is 30.8 Å². The van der Waals surface area contributed by atoms with Crippen LogP contribution in [0.5, 0.6) is 0 Å². The molecule has 5 heteroatoms. The van der Waals surface area contributed by atoms with Crippen LogP contribution in [0.25, 0.3) is 0 Å². The number of allylic oxidation sites excluding steroid dienone is 1. The minimum Gasteiger partial charge on any atom is -0.465 e. The van der Waals surface area contributed by atoms with Crippen LogP contribution in [0.2, 0.25) is 0 Å². The normalized spacial score (nSPS) is 19.9. The smallest absolute Gasteiger partial charge is 0.324 e. The second kappa shape index (κ2) is 12.9. The summed E-state index contributed by atoms with van der Waals surface area (Å²) in [4.78, 5) is 19.2. The third-order valence-corrected chi connectivity index (χ3v) is 6.27. The fourth-order valence-electron chi connectivity index (χ4n) is 3.50. The Labute approximate surface area is 168 Å². The van der Waals surface area contributed by atoms with E-state index >= 15 is 0 Å². The molecule has 2 atom stereocenters.